The van der Waals surface area contributed by atoms with Crippen LogP contribution < -0.4 is 5.32 Å². The Morgan fingerprint density at radius 3 is 2.49 bits per heavy atom. The van der Waals surface area contributed by atoms with Crippen molar-refractivity contribution in [3.05, 3.63) is 65.5 Å². The Morgan fingerprint density at radius 2 is 1.83 bits per heavy atom. The van der Waals surface area contributed by atoms with E-state index in [2.05, 4.69) is 53.3 Å². The Kier molecular flexibility index (Phi) is 7.31. The van der Waals surface area contributed by atoms with E-state index in [-0.39, 0.29) is 17.2 Å². The Hall–Kier alpha value is -3.52. The van der Waals surface area contributed by atoms with Crippen molar-refractivity contribution in [3.8, 4) is 11.4 Å². The quantitative estimate of drug-likeness (QED) is 0.516. The molecular formula is C27H32N4O4. The number of methoxy groups -OCH3 is 1. The molecule has 0 bridgehead atoms. The van der Waals surface area contributed by atoms with E-state index in [4.69, 9.17) is 9.26 Å². The van der Waals surface area contributed by atoms with Crippen molar-refractivity contribution in [3.63, 3.8) is 0 Å². The molecule has 8 nitrogen and oxygen atoms in total. The number of ether oxygens (including phenoxy) is 1. The second-order valence-corrected chi connectivity index (χ2v) is 9.95. The molecule has 2 heterocycles. The highest BCUT2D eigenvalue weighted by Gasteiger charge is 2.26. The molecule has 1 aliphatic rings. The van der Waals surface area contributed by atoms with Gasteiger partial charge in [-0.15, -0.1) is 0 Å². The average Bonchev–Trinajstić information content (AvgIpc) is 3.32. The van der Waals surface area contributed by atoms with Gasteiger partial charge in [0.1, 0.15) is 0 Å². The van der Waals surface area contributed by atoms with Crippen molar-refractivity contribution < 1.29 is 18.8 Å². The van der Waals surface area contributed by atoms with Gasteiger partial charge in [0.25, 0.3) is 0 Å². The van der Waals surface area contributed by atoms with Crippen molar-refractivity contribution in [1.82, 2.24) is 15.0 Å². The summed E-state index contributed by atoms with van der Waals surface area (Å²) in [6.07, 6.45) is 1.47. The highest BCUT2D eigenvalue weighted by Crippen LogP contribution is 2.26. The standard InChI is InChI=1S/C27H32N4O4/c1-27(2,3)21-10-8-18(9-11-21)24-29-23(35-30-24)17-31-14-12-19(13-15-31)25(32)28-22-7-5-6-20(16-22)26(33)34-4/h5-11,16,19H,12-15,17H2,1-4H3,(H,28,32). The van der Waals surface area contributed by atoms with E-state index < -0.39 is 5.97 Å². The van der Waals surface area contributed by atoms with Gasteiger partial charge in [0.2, 0.25) is 17.6 Å². The second kappa shape index (κ2) is 10.4. The molecule has 0 aliphatic carbocycles. The van der Waals surface area contributed by atoms with Crippen LogP contribution in [0.2, 0.25) is 0 Å². The van der Waals surface area contributed by atoms with Gasteiger partial charge in [0, 0.05) is 17.2 Å². The highest BCUT2D eigenvalue weighted by molar-refractivity contribution is 5.95. The van der Waals surface area contributed by atoms with Gasteiger partial charge in [-0.3, -0.25) is 9.69 Å². The smallest absolute Gasteiger partial charge is 0.337 e. The molecule has 1 fully saturated rings. The van der Waals surface area contributed by atoms with Gasteiger partial charge in [-0.25, -0.2) is 4.79 Å². The minimum Gasteiger partial charge on any atom is -0.465 e. The van der Waals surface area contributed by atoms with E-state index in [1.807, 2.05) is 12.1 Å². The summed E-state index contributed by atoms with van der Waals surface area (Å²) in [7, 11) is 1.33. The summed E-state index contributed by atoms with van der Waals surface area (Å²) >= 11 is 0. The van der Waals surface area contributed by atoms with Gasteiger partial charge >= 0.3 is 5.97 Å². The number of aromatic nitrogens is 2. The van der Waals surface area contributed by atoms with Gasteiger partial charge < -0.3 is 14.6 Å². The summed E-state index contributed by atoms with van der Waals surface area (Å²) in [6.45, 7) is 8.64. The Labute approximate surface area is 205 Å². The molecule has 1 aromatic heterocycles. The number of esters is 1. The number of amides is 1. The molecule has 0 spiro atoms. The molecule has 0 atom stereocenters. The maximum absolute atomic E-state index is 12.7. The van der Waals surface area contributed by atoms with Crippen LogP contribution in [0.3, 0.4) is 0 Å². The number of nitrogens with zero attached hydrogens (tertiary/aromatic N) is 3. The SMILES string of the molecule is COC(=O)c1cccc(NC(=O)C2CCN(Cc3nc(-c4ccc(C(C)(C)C)cc4)no3)CC2)c1. The lowest BCUT2D eigenvalue weighted by molar-refractivity contribution is -0.121. The number of anilines is 1. The van der Waals surface area contributed by atoms with E-state index in [1.54, 1.807) is 24.3 Å². The van der Waals surface area contributed by atoms with Gasteiger partial charge in [0.15, 0.2) is 0 Å². The molecule has 0 unspecified atom stereocenters. The zero-order valence-corrected chi connectivity index (χ0v) is 20.7. The molecule has 2 aromatic carbocycles. The van der Waals surface area contributed by atoms with Gasteiger partial charge in [-0.1, -0.05) is 56.3 Å². The van der Waals surface area contributed by atoms with Crippen molar-refractivity contribution in [2.24, 2.45) is 5.92 Å². The molecule has 184 valence electrons. The molecule has 0 saturated carbocycles. The first-order valence-corrected chi connectivity index (χ1v) is 11.9. The summed E-state index contributed by atoms with van der Waals surface area (Å²) in [5, 5.41) is 7.07. The summed E-state index contributed by atoms with van der Waals surface area (Å²) < 4.78 is 10.2. The van der Waals surface area contributed by atoms with Crippen LogP contribution in [0, 0.1) is 5.92 Å². The minimum absolute atomic E-state index is 0.0366. The first kappa shape index (κ1) is 24.6. The van der Waals surface area contributed by atoms with Crippen molar-refractivity contribution in [2.45, 2.75) is 45.6 Å². The fourth-order valence-electron chi connectivity index (χ4n) is 4.19. The third-order valence-corrected chi connectivity index (χ3v) is 6.35. The summed E-state index contributed by atoms with van der Waals surface area (Å²) in [5.41, 5.74) is 3.28. The Morgan fingerprint density at radius 1 is 1.11 bits per heavy atom. The molecule has 1 N–H and O–H groups in total. The number of piperidine rings is 1. The number of rotatable bonds is 6. The lowest BCUT2D eigenvalue weighted by Crippen LogP contribution is -2.37. The minimum atomic E-state index is -0.430. The molecular weight excluding hydrogens is 444 g/mol. The normalized spacial score (nSPS) is 15.1. The van der Waals surface area contributed by atoms with Crippen LogP contribution in [-0.2, 0) is 21.5 Å². The van der Waals surface area contributed by atoms with Crippen LogP contribution in [0.15, 0.2) is 53.1 Å². The molecule has 4 rings (SSSR count). The number of nitrogens with one attached hydrogen (secondary N) is 1. The van der Waals surface area contributed by atoms with Crippen LogP contribution in [0.5, 0.6) is 0 Å². The van der Waals surface area contributed by atoms with Crippen LogP contribution in [0.4, 0.5) is 5.69 Å². The van der Waals surface area contributed by atoms with Crippen molar-refractivity contribution in [1.29, 1.82) is 0 Å². The van der Waals surface area contributed by atoms with Crippen molar-refractivity contribution in [2.75, 3.05) is 25.5 Å². The van der Waals surface area contributed by atoms with E-state index in [1.165, 1.54) is 12.7 Å². The van der Waals surface area contributed by atoms with Gasteiger partial charge in [-0.05, 0) is 55.1 Å². The molecule has 35 heavy (non-hydrogen) atoms. The van der Waals surface area contributed by atoms with Crippen LogP contribution in [-0.4, -0.2) is 47.1 Å². The number of carbonyl (C=O) groups excluding carboxylic acids is 2. The summed E-state index contributed by atoms with van der Waals surface area (Å²) in [4.78, 5) is 31.2. The molecule has 3 aromatic rings. The fourth-order valence-corrected chi connectivity index (χ4v) is 4.19. The third-order valence-electron chi connectivity index (χ3n) is 6.35. The Balaban J connectivity index is 1.29. The number of benzene rings is 2. The predicted octanol–water partition coefficient (Wildman–Crippen LogP) is 4.67. The zero-order chi connectivity index (χ0) is 25.0. The van der Waals surface area contributed by atoms with Crippen molar-refractivity contribution >= 4 is 17.6 Å². The first-order valence-electron chi connectivity index (χ1n) is 11.9. The van der Waals surface area contributed by atoms with Crippen LogP contribution in [0.1, 0.15) is 55.4 Å². The molecule has 8 heteroatoms. The topological polar surface area (TPSA) is 97.6 Å². The molecule has 1 saturated heterocycles. The molecule has 1 amide bonds. The van der Waals surface area contributed by atoms with E-state index in [0.29, 0.717) is 29.5 Å². The first-order chi connectivity index (χ1) is 16.7. The fraction of sp³-hybridized carbons (Fsp3) is 0.407. The average molecular weight is 477 g/mol. The van der Waals surface area contributed by atoms with E-state index >= 15 is 0 Å². The summed E-state index contributed by atoms with van der Waals surface area (Å²) in [6, 6.07) is 15.0. The van der Waals surface area contributed by atoms with E-state index in [9.17, 15) is 9.59 Å². The van der Waals surface area contributed by atoms with E-state index in [0.717, 1.165) is 31.5 Å². The highest BCUT2D eigenvalue weighted by atomic mass is 16.5. The lowest BCUT2D eigenvalue weighted by Gasteiger charge is -2.30. The number of carbonyl (C=O) groups is 2. The third kappa shape index (κ3) is 6.14. The number of likely N-dealkylation sites (tertiary alicyclic amines) is 1. The molecule has 0 radical (unpaired) electrons. The number of hydrogen-bond acceptors (Lipinski definition) is 7. The maximum atomic E-state index is 12.7. The molecule has 1 aliphatic heterocycles. The second-order valence-electron chi connectivity index (χ2n) is 9.95. The Bertz CT molecular complexity index is 1170. The monoisotopic (exact) mass is 476 g/mol. The zero-order valence-electron chi connectivity index (χ0n) is 20.7. The van der Waals surface area contributed by atoms with Crippen LogP contribution in [0.25, 0.3) is 11.4 Å². The van der Waals surface area contributed by atoms with Crippen LogP contribution >= 0.6 is 0 Å². The maximum Gasteiger partial charge on any atom is 0.337 e. The lowest BCUT2D eigenvalue weighted by atomic mass is 9.87. The van der Waals surface area contributed by atoms with Gasteiger partial charge in [-0.2, -0.15) is 4.98 Å². The largest absolute Gasteiger partial charge is 0.465 e. The number of hydrogen-bond donors (Lipinski definition) is 1. The summed E-state index contributed by atoms with van der Waals surface area (Å²) in [5.74, 6) is 0.602. The van der Waals surface area contributed by atoms with Gasteiger partial charge in [0.05, 0.1) is 19.2 Å². The predicted molar refractivity (Wildman–Crippen MR) is 133 cm³/mol.